The fourth-order valence-electron chi connectivity index (χ4n) is 1.50. The van der Waals surface area contributed by atoms with Crippen LogP contribution >= 0.6 is 0 Å². The summed E-state index contributed by atoms with van der Waals surface area (Å²) in [6, 6.07) is 0. The Bertz CT molecular complexity index is 165. The van der Waals surface area contributed by atoms with Crippen molar-refractivity contribution in [1.29, 1.82) is 0 Å². The highest BCUT2D eigenvalue weighted by Gasteiger charge is 2.36. The van der Waals surface area contributed by atoms with E-state index >= 15 is 0 Å². The van der Waals surface area contributed by atoms with Gasteiger partial charge >= 0.3 is 5.97 Å². The molecule has 0 bridgehead atoms. The Morgan fingerprint density at radius 1 is 1.09 bits per heavy atom. The molecule has 0 aromatic heterocycles. The van der Waals surface area contributed by atoms with Gasteiger partial charge in [-0.05, 0) is 18.8 Å². The molecule has 0 aromatic carbocycles. The first-order valence-electron chi connectivity index (χ1n) is 4.24. The zero-order valence-electron chi connectivity index (χ0n) is 7.63. The smallest absolute Gasteiger partial charge is 0.309 e. The number of esters is 1. The first kappa shape index (κ1) is 8.57. The van der Waals surface area contributed by atoms with Gasteiger partial charge in [-0.1, -0.05) is 20.8 Å². The summed E-state index contributed by atoms with van der Waals surface area (Å²) >= 11 is 0. The van der Waals surface area contributed by atoms with Crippen molar-refractivity contribution < 1.29 is 9.53 Å². The monoisotopic (exact) mass is 156 g/mol. The summed E-state index contributed by atoms with van der Waals surface area (Å²) in [6.07, 6.45) is 0.0914. The van der Waals surface area contributed by atoms with Crippen molar-refractivity contribution in [2.24, 2.45) is 17.8 Å². The number of carbonyl (C=O) groups is 1. The van der Waals surface area contributed by atoms with Gasteiger partial charge < -0.3 is 4.74 Å². The van der Waals surface area contributed by atoms with E-state index in [0.29, 0.717) is 11.8 Å². The molecule has 1 aliphatic rings. The summed E-state index contributed by atoms with van der Waals surface area (Å²) in [7, 11) is 0. The number of carbonyl (C=O) groups excluding carboxylic acids is 1. The molecule has 0 aliphatic carbocycles. The highest BCUT2D eigenvalue weighted by Crippen LogP contribution is 2.30. The van der Waals surface area contributed by atoms with Gasteiger partial charge in [0.25, 0.3) is 0 Å². The third-order valence-electron chi connectivity index (χ3n) is 3.03. The minimum absolute atomic E-state index is 0.0388. The molecule has 2 heteroatoms. The second-order valence-electron chi connectivity index (χ2n) is 3.65. The van der Waals surface area contributed by atoms with Crippen molar-refractivity contribution in [3.8, 4) is 0 Å². The van der Waals surface area contributed by atoms with Crippen molar-refractivity contribution >= 4 is 5.97 Å². The molecule has 1 aliphatic heterocycles. The second kappa shape index (κ2) is 2.84. The summed E-state index contributed by atoms with van der Waals surface area (Å²) < 4.78 is 5.14. The van der Waals surface area contributed by atoms with Gasteiger partial charge in [0.1, 0.15) is 6.10 Å². The Morgan fingerprint density at radius 3 is 2.18 bits per heavy atom. The van der Waals surface area contributed by atoms with Crippen LogP contribution in [0.1, 0.15) is 27.7 Å². The number of ether oxygens (including phenoxy) is 1. The minimum Gasteiger partial charge on any atom is -0.462 e. The van der Waals surface area contributed by atoms with Crippen LogP contribution in [0.15, 0.2) is 0 Å². The Balaban J connectivity index is 2.70. The predicted molar refractivity (Wildman–Crippen MR) is 43.0 cm³/mol. The molecule has 0 spiro atoms. The number of hydrogen-bond donors (Lipinski definition) is 0. The molecule has 64 valence electrons. The highest BCUT2D eigenvalue weighted by atomic mass is 16.5. The van der Waals surface area contributed by atoms with Crippen molar-refractivity contribution in [2.45, 2.75) is 33.8 Å². The fourth-order valence-corrected chi connectivity index (χ4v) is 1.50. The van der Waals surface area contributed by atoms with Crippen LogP contribution in [0.25, 0.3) is 0 Å². The SMILES string of the molecule is C[C@H]1[C@H](C)[C@@H](C)C(=O)O[C@@H]1C. The van der Waals surface area contributed by atoms with Crippen molar-refractivity contribution in [1.82, 2.24) is 0 Å². The molecular weight excluding hydrogens is 140 g/mol. The average molecular weight is 156 g/mol. The first-order valence-corrected chi connectivity index (χ1v) is 4.24. The molecular formula is C9H16O2. The van der Waals surface area contributed by atoms with Gasteiger partial charge in [0.2, 0.25) is 0 Å². The number of cyclic esters (lactones) is 1. The lowest BCUT2D eigenvalue weighted by Gasteiger charge is -2.35. The summed E-state index contributed by atoms with van der Waals surface area (Å²) in [5.74, 6) is 0.971. The van der Waals surface area contributed by atoms with E-state index in [0.717, 1.165) is 0 Å². The van der Waals surface area contributed by atoms with Crippen molar-refractivity contribution in [2.75, 3.05) is 0 Å². The molecule has 2 nitrogen and oxygen atoms in total. The Morgan fingerprint density at radius 2 is 1.64 bits per heavy atom. The zero-order valence-corrected chi connectivity index (χ0v) is 7.63. The summed E-state index contributed by atoms with van der Waals surface area (Å²) in [5.41, 5.74) is 0. The highest BCUT2D eigenvalue weighted by molar-refractivity contribution is 5.73. The maximum Gasteiger partial charge on any atom is 0.309 e. The maximum atomic E-state index is 11.1. The normalized spacial score (nSPS) is 45.3. The van der Waals surface area contributed by atoms with Gasteiger partial charge in [-0.2, -0.15) is 0 Å². The Labute approximate surface area is 67.9 Å². The van der Waals surface area contributed by atoms with Crippen LogP contribution in [-0.2, 0) is 9.53 Å². The molecule has 0 N–H and O–H groups in total. The van der Waals surface area contributed by atoms with Gasteiger partial charge in [0.05, 0.1) is 5.92 Å². The van der Waals surface area contributed by atoms with Crippen LogP contribution in [0.2, 0.25) is 0 Å². The number of rotatable bonds is 0. The lowest BCUT2D eigenvalue weighted by molar-refractivity contribution is -0.167. The molecule has 0 unspecified atom stereocenters. The third kappa shape index (κ3) is 1.39. The van der Waals surface area contributed by atoms with Gasteiger partial charge in [-0.25, -0.2) is 0 Å². The topological polar surface area (TPSA) is 26.3 Å². The molecule has 0 amide bonds. The molecule has 1 fully saturated rings. The summed E-state index contributed by atoms with van der Waals surface area (Å²) in [5, 5.41) is 0. The summed E-state index contributed by atoms with van der Waals surface area (Å²) in [4.78, 5) is 11.1. The van der Waals surface area contributed by atoms with Crippen LogP contribution in [0.4, 0.5) is 0 Å². The zero-order chi connectivity index (χ0) is 8.59. The van der Waals surface area contributed by atoms with Crippen LogP contribution in [0.3, 0.4) is 0 Å². The van der Waals surface area contributed by atoms with E-state index in [1.54, 1.807) is 0 Å². The molecule has 1 rings (SSSR count). The van der Waals surface area contributed by atoms with Crippen LogP contribution in [0.5, 0.6) is 0 Å². The lowest BCUT2D eigenvalue weighted by atomic mass is 9.80. The predicted octanol–water partition coefficient (Wildman–Crippen LogP) is 1.84. The van der Waals surface area contributed by atoms with E-state index < -0.39 is 0 Å². The third-order valence-corrected chi connectivity index (χ3v) is 3.03. The van der Waals surface area contributed by atoms with Gasteiger partial charge in [0.15, 0.2) is 0 Å². The van der Waals surface area contributed by atoms with E-state index in [-0.39, 0.29) is 18.0 Å². The van der Waals surface area contributed by atoms with Crippen LogP contribution in [-0.4, -0.2) is 12.1 Å². The van der Waals surface area contributed by atoms with E-state index in [9.17, 15) is 4.79 Å². The van der Waals surface area contributed by atoms with Crippen LogP contribution in [0, 0.1) is 17.8 Å². The molecule has 0 radical (unpaired) electrons. The molecule has 4 atom stereocenters. The summed E-state index contributed by atoms with van der Waals surface area (Å²) in [6.45, 7) is 8.16. The Hall–Kier alpha value is -0.530. The van der Waals surface area contributed by atoms with E-state index in [2.05, 4.69) is 13.8 Å². The molecule has 1 heterocycles. The molecule has 0 saturated carbocycles. The maximum absolute atomic E-state index is 11.1. The lowest BCUT2D eigenvalue weighted by Crippen LogP contribution is -2.40. The van der Waals surface area contributed by atoms with Gasteiger partial charge in [-0.15, -0.1) is 0 Å². The van der Waals surface area contributed by atoms with E-state index in [4.69, 9.17) is 4.74 Å². The molecule has 11 heavy (non-hydrogen) atoms. The van der Waals surface area contributed by atoms with E-state index in [1.807, 2.05) is 13.8 Å². The minimum atomic E-state index is -0.0388. The van der Waals surface area contributed by atoms with Gasteiger partial charge in [-0.3, -0.25) is 4.79 Å². The van der Waals surface area contributed by atoms with Crippen molar-refractivity contribution in [3.05, 3.63) is 0 Å². The van der Waals surface area contributed by atoms with Gasteiger partial charge in [0, 0.05) is 0 Å². The first-order chi connectivity index (χ1) is 5.04. The quantitative estimate of drug-likeness (QED) is 0.500. The number of hydrogen-bond acceptors (Lipinski definition) is 2. The second-order valence-corrected chi connectivity index (χ2v) is 3.65. The molecule has 0 aromatic rings. The van der Waals surface area contributed by atoms with Crippen LogP contribution < -0.4 is 0 Å². The standard InChI is InChI=1S/C9H16O2/c1-5-6(2)8(4)11-9(10)7(5)3/h5-8H,1-4H3/t5-,6-,7+,8+/m0/s1. The van der Waals surface area contributed by atoms with Crippen molar-refractivity contribution in [3.63, 3.8) is 0 Å². The van der Waals surface area contributed by atoms with E-state index in [1.165, 1.54) is 0 Å². The largest absolute Gasteiger partial charge is 0.462 e. The Kier molecular flexibility index (Phi) is 2.21. The fraction of sp³-hybridized carbons (Fsp3) is 0.889. The molecule has 1 saturated heterocycles. The average Bonchev–Trinajstić information content (AvgIpc) is 1.97.